The smallest absolute Gasteiger partial charge is 0.213 e. The Balaban J connectivity index is 1.34. The van der Waals surface area contributed by atoms with E-state index in [4.69, 9.17) is 14.9 Å². The predicted octanol–water partition coefficient (Wildman–Crippen LogP) is 1.82. The highest BCUT2D eigenvalue weighted by Gasteiger charge is 2.43. The number of ether oxygens (including phenoxy) is 1. The quantitative estimate of drug-likeness (QED) is 0.785. The van der Waals surface area contributed by atoms with Gasteiger partial charge in [-0.3, -0.25) is 4.90 Å². The van der Waals surface area contributed by atoms with E-state index in [-0.39, 0.29) is 0 Å². The summed E-state index contributed by atoms with van der Waals surface area (Å²) in [6.45, 7) is 3.18. The lowest BCUT2D eigenvalue weighted by molar-refractivity contribution is -0.163. The van der Waals surface area contributed by atoms with Crippen LogP contribution in [0.25, 0.3) is 0 Å². The second kappa shape index (κ2) is 6.88. The van der Waals surface area contributed by atoms with Crippen molar-refractivity contribution in [3.05, 3.63) is 35.9 Å². The van der Waals surface area contributed by atoms with Crippen molar-refractivity contribution in [2.24, 2.45) is 17.8 Å². The van der Waals surface area contributed by atoms with E-state index in [1.807, 2.05) is 18.2 Å². The summed E-state index contributed by atoms with van der Waals surface area (Å²) in [4.78, 5) is 1.74. The van der Waals surface area contributed by atoms with Crippen LogP contribution < -0.4 is 0 Å². The van der Waals surface area contributed by atoms with Gasteiger partial charge in [0.2, 0.25) is 6.41 Å². The van der Waals surface area contributed by atoms with Crippen molar-refractivity contribution in [3.8, 4) is 0 Å². The number of rotatable bonds is 6. The maximum Gasteiger partial charge on any atom is 0.213 e. The molecule has 21 heavy (non-hydrogen) atoms. The van der Waals surface area contributed by atoms with Crippen LogP contribution >= 0.6 is 0 Å². The molecule has 1 aliphatic carbocycles. The van der Waals surface area contributed by atoms with Crippen molar-refractivity contribution >= 4 is 0 Å². The standard InChI is InChI=1S/C17H25NO3/c19-17(20)18-8-6-14(7-9-18)16-10-15(16)12-21-11-13-4-2-1-3-5-13/h1-5,14-17,19-20H,6-12H2. The van der Waals surface area contributed by atoms with Gasteiger partial charge in [-0.15, -0.1) is 0 Å². The maximum atomic E-state index is 9.16. The maximum absolute atomic E-state index is 9.16. The molecule has 2 unspecified atom stereocenters. The monoisotopic (exact) mass is 291 g/mol. The van der Waals surface area contributed by atoms with Crippen LogP contribution in [0.2, 0.25) is 0 Å². The fourth-order valence-electron chi connectivity index (χ4n) is 3.52. The van der Waals surface area contributed by atoms with Crippen LogP contribution in [0.5, 0.6) is 0 Å². The molecule has 4 nitrogen and oxygen atoms in total. The van der Waals surface area contributed by atoms with Gasteiger partial charge >= 0.3 is 0 Å². The Labute approximate surface area is 126 Å². The van der Waals surface area contributed by atoms with E-state index in [1.165, 1.54) is 12.0 Å². The largest absolute Gasteiger partial charge is 0.376 e. The number of benzene rings is 1. The summed E-state index contributed by atoms with van der Waals surface area (Å²) in [6, 6.07) is 10.3. The molecule has 2 N–H and O–H groups in total. The Morgan fingerprint density at radius 1 is 1.14 bits per heavy atom. The molecule has 1 aromatic rings. The van der Waals surface area contributed by atoms with Gasteiger partial charge in [0.25, 0.3) is 0 Å². The molecule has 3 rings (SSSR count). The van der Waals surface area contributed by atoms with E-state index in [9.17, 15) is 0 Å². The number of aliphatic hydroxyl groups excluding tert-OH is 1. The predicted molar refractivity (Wildman–Crippen MR) is 80.2 cm³/mol. The summed E-state index contributed by atoms with van der Waals surface area (Å²) in [7, 11) is 0. The summed E-state index contributed by atoms with van der Waals surface area (Å²) < 4.78 is 5.83. The summed E-state index contributed by atoms with van der Waals surface area (Å²) in [5, 5.41) is 18.3. The summed E-state index contributed by atoms with van der Waals surface area (Å²) in [5.74, 6) is 2.24. The van der Waals surface area contributed by atoms with Crippen molar-refractivity contribution < 1.29 is 14.9 Å². The van der Waals surface area contributed by atoms with E-state index >= 15 is 0 Å². The molecule has 0 amide bonds. The lowest BCUT2D eigenvalue weighted by Crippen LogP contribution is -2.41. The fraction of sp³-hybridized carbons (Fsp3) is 0.647. The zero-order chi connectivity index (χ0) is 14.7. The minimum Gasteiger partial charge on any atom is -0.376 e. The molecule has 4 heteroatoms. The molecule has 0 bridgehead atoms. The van der Waals surface area contributed by atoms with Crippen molar-refractivity contribution in [2.75, 3.05) is 19.7 Å². The lowest BCUT2D eigenvalue weighted by Gasteiger charge is -2.33. The molecular weight excluding hydrogens is 266 g/mol. The third kappa shape index (κ3) is 4.04. The average molecular weight is 291 g/mol. The first-order chi connectivity index (χ1) is 10.2. The summed E-state index contributed by atoms with van der Waals surface area (Å²) in [5.41, 5.74) is 1.24. The SMILES string of the molecule is OC(O)N1CCC(C2CC2COCc2ccccc2)CC1. The molecule has 116 valence electrons. The normalized spacial score (nSPS) is 27.2. The molecule has 2 fully saturated rings. The number of hydrogen-bond donors (Lipinski definition) is 2. The molecule has 1 aliphatic heterocycles. The van der Waals surface area contributed by atoms with Gasteiger partial charge in [-0.2, -0.15) is 0 Å². The van der Waals surface area contributed by atoms with E-state index in [1.54, 1.807) is 4.90 Å². The van der Waals surface area contributed by atoms with Crippen LogP contribution in [-0.2, 0) is 11.3 Å². The zero-order valence-corrected chi connectivity index (χ0v) is 12.4. The van der Waals surface area contributed by atoms with Crippen molar-refractivity contribution in [2.45, 2.75) is 32.3 Å². The minimum atomic E-state index is -1.28. The molecule has 2 atom stereocenters. The van der Waals surface area contributed by atoms with Crippen molar-refractivity contribution in [3.63, 3.8) is 0 Å². The zero-order valence-electron chi connectivity index (χ0n) is 12.4. The third-order valence-electron chi connectivity index (χ3n) is 4.93. The van der Waals surface area contributed by atoms with Crippen molar-refractivity contribution in [1.29, 1.82) is 0 Å². The van der Waals surface area contributed by atoms with Crippen LogP contribution in [0.3, 0.4) is 0 Å². The Bertz CT molecular complexity index is 429. The molecule has 2 aliphatic rings. The highest BCUT2D eigenvalue weighted by Crippen LogP contribution is 2.48. The van der Waals surface area contributed by atoms with Crippen LogP contribution in [0.15, 0.2) is 30.3 Å². The highest BCUT2D eigenvalue weighted by atomic mass is 16.5. The molecule has 0 aromatic heterocycles. The minimum absolute atomic E-state index is 0.708. The second-order valence-corrected chi connectivity index (χ2v) is 6.38. The van der Waals surface area contributed by atoms with Gasteiger partial charge in [-0.1, -0.05) is 30.3 Å². The number of piperidine rings is 1. The van der Waals surface area contributed by atoms with Gasteiger partial charge in [-0.05, 0) is 42.6 Å². The molecule has 0 radical (unpaired) electrons. The Hall–Kier alpha value is -0.940. The number of likely N-dealkylation sites (tertiary alicyclic amines) is 1. The second-order valence-electron chi connectivity index (χ2n) is 6.38. The van der Waals surface area contributed by atoms with Gasteiger partial charge in [0.15, 0.2) is 0 Å². The molecule has 0 spiro atoms. The Morgan fingerprint density at radius 2 is 1.86 bits per heavy atom. The number of hydrogen-bond acceptors (Lipinski definition) is 4. The average Bonchev–Trinajstić information content (AvgIpc) is 3.28. The van der Waals surface area contributed by atoms with Gasteiger partial charge in [0.05, 0.1) is 13.2 Å². The molecule has 1 saturated carbocycles. The van der Waals surface area contributed by atoms with Crippen LogP contribution in [0.4, 0.5) is 0 Å². The van der Waals surface area contributed by atoms with Gasteiger partial charge < -0.3 is 14.9 Å². The van der Waals surface area contributed by atoms with Crippen LogP contribution in [-0.4, -0.2) is 41.2 Å². The number of aliphatic hydroxyl groups is 2. The third-order valence-corrected chi connectivity index (χ3v) is 4.93. The number of nitrogens with zero attached hydrogens (tertiary/aromatic N) is 1. The van der Waals surface area contributed by atoms with Gasteiger partial charge in [-0.25, -0.2) is 0 Å². The van der Waals surface area contributed by atoms with Crippen LogP contribution in [0.1, 0.15) is 24.8 Å². The topological polar surface area (TPSA) is 52.9 Å². The first-order valence-electron chi connectivity index (χ1n) is 7.96. The molecule has 1 saturated heterocycles. The van der Waals surface area contributed by atoms with Crippen LogP contribution in [0, 0.1) is 17.8 Å². The van der Waals surface area contributed by atoms with Gasteiger partial charge in [0, 0.05) is 13.1 Å². The first-order valence-corrected chi connectivity index (χ1v) is 7.96. The van der Waals surface area contributed by atoms with Gasteiger partial charge in [0.1, 0.15) is 0 Å². The summed E-state index contributed by atoms with van der Waals surface area (Å²) >= 11 is 0. The Kier molecular flexibility index (Phi) is 4.91. The molecular formula is C17H25NO3. The highest BCUT2D eigenvalue weighted by molar-refractivity contribution is 5.13. The molecule has 1 heterocycles. The van der Waals surface area contributed by atoms with E-state index in [0.29, 0.717) is 12.5 Å². The molecule has 1 aromatic carbocycles. The van der Waals surface area contributed by atoms with Crippen molar-refractivity contribution in [1.82, 2.24) is 4.90 Å². The van der Waals surface area contributed by atoms with E-state index in [0.717, 1.165) is 44.4 Å². The lowest BCUT2D eigenvalue weighted by atomic mass is 9.91. The van der Waals surface area contributed by atoms with E-state index in [2.05, 4.69) is 12.1 Å². The van der Waals surface area contributed by atoms with E-state index < -0.39 is 6.41 Å². The summed E-state index contributed by atoms with van der Waals surface area (Å²) in [6.07, 6.45) is 2.16. The fourth-order valence-corrected chi connectivity index (χ4v) is 3.52. The first kappa shape index (κ1) is 15.0. The Morgan fingerprint density at radius 3 is 2.52 bits per heavy atom.